The second kappa shape index (κ2) is 11.9. The number of fused-ring (bicyclic) bond motifs is 3. The average Bonchev–Trinajstić information content (AvgIpc) is 3.35. The van der Waals surface area contributed by atoms with Crippen LogP contribution < -0.4 is 0 Å². The largest absolute Gasteiger partial charge is 0.303 e. The van der Waals surface area contributed by atoms with Gasteiger partial charge in [0, 0.05) is 41.2 Å². The highest BCUT2D eigenvalue weighted by Gasteiger charge is 2.41. The van der Waals surface area contributed by atoms with E-state index in [9.17, 15) is 8.42 Å². The number of thioether (sulfide) groups is 1. The molecule has 3 aromatic carbocycles. The van der Waals surface area contributed by atoms with Crippen molar-refractivity contribution < 1.29 is 8.42 Å². The molecule has 5 nitrogen and oxygen atoms in total. The molecule has 0 amide bonds. The zero-order valence-corrected chi connectivity index (χ0v) is 26.1. The van der Waals surface area contributed by atoms with E-state index < -0.39 is 10.0 Å². The van der Waals surface area contributed by atoms with Crippen molar-refractivity contribution in [2.75, 3.05) is 39.0 Å². The second-order valence-electron chi connectivity index (χ2n) is 11.2. The molecule has 0 aliphatic carbocycles. The number of hydrogen-bond acceptors (Lipinski definition) is 5. The number of halogens is 2. The lowest BCUT2D eigenvalue weighted by Gasteiger charge is -2.40. The van der Waals surface area contributed by atoms with E-state index >= 15 is 0 Å². The molecule has 1 spiro atoms. The Morgan fingerprint density at radius 1 is 1.00 bits per heavy atom. The van der Waals surface area contributed by atoms with E-state index in [1.165, 1.54) is 14.8 Å². The van der Waals surface area contributed by atoms with Crippen molar-refractivity contribution in [2.45, 2.75) is 40.4 Å². The van der Waals surface area contributed by atoms with Gasteiger partial charge in [-0.1, -0.05) is 65.7 Å². The second-order valence-corrected chi connectivity index (χ2v) is 15.0. The summed E-state index contributed by atoms with van der Waals surface area (Å²) in [6, 6.07) is 23.5. The molecule has 1 saturated heterocycles. The van der Waals surface area contributed by atoms with E-state index in [1.807, 2.05) is 42.1 Å². The first-order valence-electron chi connectivity index (χ1n) is 14.0. The van der Waals surface area contributed by atoms with Gasteiger partial charge in [-0.2, -0.15) is 0 Å². The Morgan fingerprint density at radius 3 is 2.59 bits per heavy atom. The minimum absolute atomic E-state index is 0.0499. The van der Waals surface area contributed by atoms with Crippen LogP contribution in [0.4, 0.5) is 0 Å². The van der Waals surface area contributed by atoms with Crippen LogP contribution in [-0.2, 0) is 15.4 Å². The average molecular weight is 627 g/mol. The predicted octanol–water partition coefficient (Wildman–Crippen LogP) is 7.48. The Balaban J connectivity index is 1.19. The first kappa shape index (κ1) is 29.0. The molecule has 2 aliphatic rings. The van der Waals surface area contributed by atoms with Gasteiger partial charge in [0.2, 0.25) is 10.0 Å². The van der Waals surface area contributed by atoms with Crippen molar-refractivity contribution in [1.29, 1.82) is 0 Å². The summed E-state index contributed by atoms with van der Waals surface area (Å²) in [5, 5.41) is 1.78. The fourth-order valence-corrected chi connectivity index (χ4v) is 9.45. The number of nitrogens with zero attached hydrogens (tertiary/aromatic N) is 3. The monoisotopic (exact) mass is 625 g/mol. The number of para-hydroxylation sites is 1. The van der Waals surface area contributed by atoms with Gasteiger partial charge in [-0.3, -0.25) is 4.98 Å². The summed E-state index contributed by atoms with van der Waals surface area (Å²) in [5.41, 5.74) is 3.28. The van der Waals surface area contributed by atoms with E-state index in [1.54, 1.807) is 31.4 Å². The number of piperidine rings is 1. The van der Waals surface area contributed by atoms with Crippen LogP contribution in [0.25, 0.3) is 10.9 Å². The van der Waals surface area contributed by atoms with Gasteiger partial charge in [0.15, 0.2) is 0 Å². The summed E-state index contributed by atoms with van der Waals surface area (Å²) in [7, 11) is -2.12. The summed E-state index contributed by atoms with van der Waals surface area (Å²) in [6.45, 7) is 3.29. The number of likely N-dealkylation sites (N-methyl/N-ethyl adjacent to an activating group) is 1. The van der Waals surface area contributed by atoms with Gasteiger partial charge < -0.3 is 4.90 Å². The summed E-state index contributed by atoms with van der Waals surface area (Å²) >= 11 is 14.7. The highest BCUT2D eigenvalue weighted by atomic mass is 35.5. The van der Waals surface area contributed by atoms with Crippen LogP contribution in [0.2, 0.25) is 10.0 Å². The van der Waals surface area contributed by atoms with Crippen molar-refractivity contribution in [1.82, 2.24) is 14.2 Å². The number of sulfonamides is 1. The maximum absolute atomic E-state index is 13.8. The molecule has 1 aromatic heterocycles. The van der Waals surface area contributed by atoms with E-state index in [0.717, 1.165) is 55.6 Å². The van der Waals surface area contributed by atoms with Crippen molar-refractivity contribution in [3.8, 4) is 0 Å². The molecule has 0 radical (unpaired) electrons. The molecule has 2 aliphatic heterocycles. The molecule has 9 heteroatoms. The molecule has 214 valence electrons. The van der Waals surface area contributed by atoms with E-state index in [4.69, 9.17) is 23.2 Å². The molecule has 0 saturated carbocycles. The third-order valence-electron chi connectivity index (χ3n) is 8.75. The number of hydrogen-bond donors (Lipinski definition) is 0. The van der Waals surface area contributed by atoms with Gasteiger partial charge in [-0.05, 0) is 86.3 Å². The molecule has 0 N–H and O–H groups in total. The van der Waals surface area contributed by atoms with Gasteiger partial charge in [0.05, 0.1) is 15.6 Å². The Labute approximate surface area is 256 Å². The fourth-order valence-electron chi connectivity index (χ4n) is 6.27. The summed E-state index contributed by atoms with van der Waals surface area (Å²) in [5.74, 6) is 1.11. The minimum atomic E-state index is -3.78. The molecule has 41 heavy (non-hydrogen) atoms. The quantitative estimate of drug-likeness (QED) is 0.203. The van der Waals surface area contributed by atoms with Gasteiger partial charge in [-0.25, -0.2) is 12.7 Å². The zero-order valence-electron chi connectivity index (χ0n) is 23.0. The van der Waals surface area contributed by atoms with Crippen LogP contribution in [0.15, 0.2) is 88.8 Å². The molecular weight excluding hydrogens is 593 g/mol. The predicted molar refractivity (Wildman–Crippen MR) is 170 cm³/mol. The molecule has 0 bridgehead atoms. The van der Waals surface area contributed by atoms with Crippen LogP contribution in [0.1, 0.15) is 36.3 Å². The molecule has 3 heterocycles. The Hall–Kier alpha value is -2.13. The van der Waals surface area contributed by atoms with Crippen LogP contribution >= 0.6 is 35.0 Å². The van der Waals surface area contributed by atoms with Crippen molar-refractivity contribution in [2.24, 2.45) is 0 Å². The number of benzene rings is 3. The highest BCUT2D eigenvalue weighted by molar-refractivity contribution is 7.99. The number of rotatable bonds is 8. The summed E-state index contributed by atoms with van der Waals surface area (Å²) < 4.78 is 29.1. The number of likely N-dealkylation sites (tertiary alicyclic amines) is 1. The number of aromatic nitrogens is 1. The van der Waals surface area contributed by atoms with Crippen LogP contribution in [0.5, 0.6) is 0 Å². The highest BCUT2D eigenvalue weighted by Crippen LogP contribution is 2.49. The lowest BCUT2D eigenvalue weighted by atomic mass is 9.74. The summed E-state index contributed by atoms with van der Waals surface area (Å²) in [4.78, 5) is 8.58. The third kappa shape index (κ3) is 5.77. The molecule has 1 atom stereocenters. The first-order chi connectivity index (χ1) is 19.8. The summed E-state index contributed by atoms with van der Waals surface area (Å²) in [6.07, 6.45) is 4.74. The molecule has 6 rings (SSSR count). The minimum Gasteiger partial charge on any atom is -0.303 e. The normalized spacial score (nSPS) is 17.8. The van der Waals surface area contributed by atoms with E-state index in [-0.39, 0.29) is 16.2 Å². The molecule has 1 fully saturated rings. The van der Waals surface area contributed by atoms with Crippen LogP contribution in [0, 0.1) is 0 Å². The van der Waals surface area contributed by atoms with Gasteiger partial charge in [-0.15, -0.1) is 11.8 Å². The van der Waals surface area contributed by atoms with Crippen molar-refractivity contribution >= 4 is 55.9 Å². The zero-order chi connectivity index (χ0) is 28.6. The lowest BCUT2D eigenvalue weighted by Crippen LogP contribution is -2.43. The van der Waals surface area contributed by atoms with E-state index in [2.05, 4.69) is 34.1 Å². The maximum Gasteiger partial charge on any atom is 0.245 e. The topological polar surface area (TPSA) is 53.5 Å². The van der Waals surface area contributed by atoms with Crippen LogP contribution in [-0.4, -0.2) is 61.6 Å². The van der Waals surface area contributed by atoms with Gasteiger partial charge in [0.1, 0.15) is 4.90 Å². The maximum atomic E-state index is 13.8. The smallest absolute Gasteiger partial charge is 0.245 e. The Kier molecular flexibility index (Phi) is 8.38. The first-order valence-corrected chi connectivity index (χ1v) is 17.1. The van der Waals surface area contributed by atoms with Crippen molar-refractivity contribution in [3.05, 3.63) is 100 Å². The Morgan fingerprint density at radius 2 is 1.78 bits per heavy atom. The molecule has 1 unspecified atom stereocenters. The number of pyridine rings is 1. The molecular formula is C32H33Cl2N3O2S2. The Bertz CT molecular complexity index is 1670. The van der Waals surface area contributed by atoms with Crippen molar-refractivity contribution in [3.63, 3.8) is 0 Å². The third-order valence-corrected chi connectivity index (χ3v) is 12.7. The SMILES string of the molecule is CN(CC(CCN1CCC2(CC1)CSc1ccccc12)c1ccc(Cl)c(Cl)c1)S(=O)(=O)c1cccc2cccnc12. The standard InChI is InChI=1S/C32H33Cl2N3O2S2/c1-36(41(38,39)30-10-4-6-23-7-5-16-35-31(23)30)21-25(24-11-12-27(33)28(34)20-24)13-17-37-18-14-32(15-19-37)22-40-29-9-3-2-8-26(29)32/h2-12,16,20,25H,13-15,17-19,21-22H2,1H3. The molecule has 4 aromatic rings. The van der Waals surface area contributed by atoms with Crippen LogP contribution in [0.3, 0.4) is 0 Å². The van der Waals surface area contributed by atoms with Gasteiger partial charge >= 0.3 is 0 Å². The fraction of sp³-hybridized carbons (Fsp3) is 0.344. The lowest BCUT2D eigenvalue weighted by molar-refractivity contribution is 0.166. The van der Waals surface area contributed by atoms with Gasteiger partial charge in [0.25, 0.3) is 0 Å². The van der Waals surface area contributed by atoms with E-state index in [0.29, 0.717) is 22.1 Å².